The first-order valence-corrected chi connectivity index (χ1v) is 9.49. The first-order chi connectivity index (χ1) is 13.9. The van der Waals surface area contributed by atoms with Gasteiger partial charge in [-0.2, -0.15) is 9.78 Å². The molecule has 0 aliphatic rings. The van der Waals surface area contributed by atoms with Gasteiger partial charge in [-0.25, -0.2) is 14.2 Å². The molecule has 0 aliphatic carbocycles. The highest BCUT2D eigenvalue weighted by atomic mass is 35.5. The van der Waals surface area contributed by atoms with Crippen LogP contribution in [-0.4, -0.2) is 25.8 Å². The Morgan fingerprint density at radius 3 is 2.79 bits per heavy atom. The van der Waals surface area contributed by atoms with Crippen LogP contribution in [0.5, 0.6) is 0 Å². The van der Waals surface area contributed by atoms with Crippen LogP contribution in [0.25, 0.3) is 11.0 Å². The van der Waals surface area contributed by atoms with Crippen molar-refractivity contribution in [1.82, 2.24) is 25.1 Å². The van der Waals surface area contributed by atoms with Crippen molar-refractivity contribution in [2.75, 3.05) is 0 Å². The standard InChI is InChI=1S/C21H19ClFN5O/c1-12-18(7-15-10-24-20-19(15)8-16(22)11-25-20)13(2)28(27-12)21(29)26-9-14-3-5-17(23)6-4-14/h3-6,8,10-11H,7,9H2,1-2H3,(H,24,25)(H,26,29). The van der Waals surface area contributed by atoms with E-state index in [4.69, 9.17) is 11.6 Å². The van der Waals surface area contributed by atoms with Gasteiger partial charge in [-0.3, -0.25) is 0 Å². The fourth-order valence-corrected chi connectivity index (χ4v) is 3.51. The van der Waals surface area contributed by atoms with Gasteiger partial charge in [0.05, 0.1) is 10.7 Å². The van der Waals surface area contributed by atoms with Gasteiger partial charge in [-0.1, -0.05) is 23.7 Å². The number of amides is 1. The van der Waals surface area contributed by atoms with E-state index >= 15 is 0 Å². The second-order valence-electron chi connectivity index (χ2n) is 6.89. The number of aromatic nitrogens is 4. The normalized spacial score (nSPS) is 11.2. The third kappa shape index (κ3) is 3.86. The van der Waals surface area contributed by atoms with Crippen molar-refractivity contribution in [2.45, 2.75) is 26.8 Å². The number of hydrogen-bond acceptors (Lipinski definition) is 3. The number of nitrogens with one attached hydrogen (secondary N) is 2. The summed E-state index contributed by atoms with van der Waals surface area (Å²) in [5.74, 6) is -0.308. The van der Waals surface area contributed by atoms with Crippen LogP contribution in [0.2, 0.25) is 5.02 Å². The molecule has 0 saturated heterocycles. The van der Waals surface area contributed by atoms with Gasteiger partial charge in [0.25, 0.3) is 0 Å². The van der Waals surface area contributed by atoms with Crippen molar-refractivity contribution in [3.8, 4) is 0 Å². The molecule has 3 aromatic heterocycles. The maximum Gasteiger partial charge on any atom is 0.342 e. The monoisotopic (exact) mass is 411 g/mol. The molecule has 0 radical (unpaired) electrons. The number of aromatic amines is 1. The van der Waals surface area contributed by atoms with E-state index < -0.39 is 0 Å². The zero-order valence-electron chi connectivity index (χ0n) is 16.0. The van der Waals surface area contributed by atoms with Gasteiger partial charge >= 0.3 is 6.03 Å². The SMILES string of the molecule is Cc1nn(C(=O)NCc2ccc(F)cc2)c(C)c1Cc1c[nH]c2ncc(Cl)cc12. The lowest BCUT2D eigenvalue weighted by Gasteiger charge is -2.07. The Morgan fingerprint density at radius 2 is 2.03 bits per heavy atom. The molecular formula is C21H19ClFN5O. The third-order valence-corrected chi connectivity index (χ3v) is 5.15. The highest BCUT2D eigenvalue weighted by molar-refractivity contribution is 6.31. The summed E-state index contributed by atoms with van der Waals surface area (Å²) in [5.41, 5.74) is 5.14. The number of fused-ring (bicyclic) bond motifs is 1. The van der Waals surface area contributed by atoms with Crippen LogP contribution < -0.4 is 5.32 Å². The molecular weight excluding hydrogens is 393 g/mol. The lowest BCUT2D eigenvalue weighted by molar-refractivity contribution is 0.238. The smallest absolute Gasteiger partial charge is 0.342 e. The van der Waals surface area contributed by atoms with Crippen LogP contribution in [0.1, 0.15) is 28.1 Å². The zero-order chi connectivity index (χ0) is 20.5. The van der Waals surface area contributed by atoms with Crippen LogP contribution in [-0.2, 0) is 13.0 Å². The summed E-state index contributed by atoms with van der Waals surface area (Å²) < 4.78 is 14.4. The minimum Gasteiger partial charge on any atom is -0.346 e. The third-order valence-electron chi connectivity index (χ3n) is 4.94. The largest absolute Gasteiger partial charge is 0.346 e. The van der Waals surface area contributed by atoms with Gasteiger partial charge in [0.2, 0.25) is 0 Å². The highest BCUT2D eigenvalue weighted by Crippen LogP contribution is 2.25. The summed E-state index contributed by atoms with van der Waals surface area (Å²) >= 11 is 6.09. The van der Waals surface area contributed by atoms with Crippen LogP contribution >= 0.6 is 11.6 Å². The molecule has 8 heteroatoms. The maximum atomic E-state index is 13.0. The molecule has 148 valence electrons. The molecule has 0 atom stereocenters. The van der Waals surface area contributed by atoms with E-state index in [1.54, 1.807) is 18.3 Å². The minimum atomic E-state index is -0.329. The van der Waals surface area contributed by atoms with E-state index in [-0.39, 0.29) is 11.8 Å². The van der Waals surface area contributed by atoms with Gasteiger partial charge in [0.1, 0.15) is 11.5 Å². The van der Waals surface area contributed by atoms with Gasteiger partial charge < -0.3 is 10.3 Å². The Kier molecular flexibility index (Phi) is 5.07. The molecule has 29 heavy (non-hydrogen) atoms. The summed E-state index contributed by atoms with van der Waals surface area (Å²) in [4.78, 5) is 20.0. The fourth-order valence-electron chi connectivity index (χ4n) is 3.35. The number of halogens is 2. The molecule has 0 bridgehead atoms. The molecule has 0 spiro atoms. The van der Waals surface area contributed by atoms with E-state index in [1.165, 1.54) is 16.8 Å². The average Bonchev–Trinajstić information content (AvgIpc) is 3.23. The lowest BCUT2D eigenvalue weighted by Crippen LogP contribution is -2.29. The molecule has 1 amide bonds. The molecule has 0 fully saturated rings. The zero-order valence-corrected chi connectivity index (χ0v) is 16.7. The topological polar surface area (TPSA) is 75.6 Å². The van der Waals surface area contributed by atoms with E-state index in [1.807, 2.05) is 26.1 Å². The van der Waals surface area contributed by atoms with Crippen molar-refractivity contribution in [3.63, 3.8) is 0 Å². The Hall–Kier alpha value is -3.19. The Morgan fingerprint density at radius 1 is 1.28 bits per heavy atom. The first-order valence-electron chi connectivity index (χ1n) is 9.11. The molecule has 3 heterocycles. The van der Waals surface area contributed by atoms with E-state index in [9.17, 15) is 9.18 Å². The molecule has 2 N–H and O–H groups in total. The van der Waals surface area contributed by atoms with Gasteiger partial charge in [0, 0.05) is 42.0 Å². The van der Waals surface area contributed by atoms with E-state index in [0.717, 1.165) is 39.1 Å². The van der Waals surface area contributed by atoms with Crippen LogP contribution in [0.3, 0.4) is 0 Å². The fraction of sp³-hybridized carbons (Fsp3) is 0.190. The second-order valence-corrected chi connectivity index (χ2v) is 7.32. The number of carbonyl (C=O) groups excluding carboxylic acids is 1. The van der Waals surface area contributed by atoms with Crippen molar-refractivity contribution >= 4 is 28.7 Å². The van der Waals surface area contributed by atoms with Crippen LogP contribution in [0, 0.1) is 19.7 Å². The summed E-state index contributed by atoms with van der Waals surface area (Å²) in [6, 6.07) is 7.55. The number of nitrogens with zero attached hydrogens (tertiary/aromatic N) is 3. The number of carbonyl (C=O) groups is 1. The van der Waals surface area contributed by atoms with E-state index in [0.29, 0.717) is 18.0 Å². The molecule has 0 unspecified atom stereocenters. The quantitative estimate of drug-likeness (QED) is 0.518. The molecule has 4 rings (SSSR count). The van der Waals surface area contributed by atoms with Crippen molar-refractivity contribution in [2.24, 2.45) is 0 Å². The summed E-state index contributed by atoms with van der Waals surface area (Å²) in [6.07, 6.45) is 4.11. The molecule has 4 aromatic rings. The molecule has 1 aromatic carbocycles. The maximum absolute atomic E-state index is 13.0. The minimum absolute atomic E-state index is 0.291. The Labute approximate surface area is 171 Å². The Bertz CT molecular complexity index is 1200. The van der Waals surface area contributed by atoms with Gasteiger partial charge in [0.15, 0.2) is 0 Å². The number of hydrogen-bond donors (Lipinski definition) is 2. The van der Waals surface area contributed by atoms with Crippen molar-refractivity contribution in [3.05, 3.63) is 81.6 Å². The number of pyridine rings is 1. The van der Waals surface area contributed by atoms with Crippen molar-refractivity contribution < 1.29 is 9.18 Å². The summed E-state index contributed by atoms with van der Waals surface area (Å²) in [7, 11) is 0. The van der Waals surface area contributed by atoms with Gasteiger partial charge in [-0.15, -0.1) is 0 Å². The molecule has 0 aliphatic heterocycles. The number of rotatable bonds is 4. The second kappa shape index (κ2) is 7.67. The predicted molar refractivity (Wildman–Crippen MR) is 110 cm³/mol. The van der Waals surface area contributed by atoms with Crippen LogP contribution in [0.4, 0.5) is 9.18 Å². The molecule has 0 saturated carbocycles. The summed E-state index contributed by atoms with van der Waals surface area (Å²) in [6.45, 7) is 4.04. The Balaban J connectivity index is 1.54. The van der Waals surface area contributed by atoms with E-state index in [2.05, 4.69) is 20.4 Å². The molecule has 6 nitrogen and oxygen atoms in total. The van der Waals surface area contributed by atoms with Crippen molar-refractivity contribution in [1.29, 1.82) is 0 Å². The average molecular weight is 412 g/mol. The predicted octanol–water partition coefficient (Wildman–Crippen LogP) is 4.52. The van der Waals surface area contributed by atoms with Gasteiger partial charge in [-0.05, 0) is 43.2 Å². The lowest BCUT2D eigenvalue weighted by atomic mass is 10.0. The number of aryl methyl sites for hydroxylation is 1. The summed E-state index contributed by atoms with van der Waals surface area (Å²) in [5, 5.41) is 8.75. The number of benzene rings is 1. The first kappa shape index (κ1) is 19.1. The highest BCUT2D eigenvalue weighted by Gasteiger charge is 2.18. The number of H-pyrrole nitrogens is 1. The van der Waals surface area contributed by atoms with Crippen LogP contribution in [0.15, 0.2) is 42.7 Å².